The highest BCUT2D eigenvalue weighted by atomic mass is 35.5. The van der Waals surface area contributed by atoms with E-state index >= 15 is 4.39 Å². The Hall–Kier alpha value is -2.64. The molecule has 34 heavy (non-hydrogen) atoms. The summed E-state index contributed by atoms with van der Waals surface area (Å²) in [5, 5.41) is 0.699. The van der Waals surface area contributed by atoms with Crippen LogP contribution < -0.4 is 0 Å². The first kappa shape index (κ1) is 26.0. The van der Waals surface area contributed by atoms with Gasteiger partial charge in [-0.3, -0.25) is 14.4 Å². The van der Waals surface area contributed by atoms with Gasteiger partial charge in [-0.2, -0.15) is 0 Å². The molecule has 2 aromatic carbocycles. The lowest BCUT2D eigenvalue weighted by Crippen LogP contribution is -2.44. The predicted molar refractivity (Wildman–Crippen MR) is 129 cm³/mol. The molecule has 2 amide bonds. The fourth-order valence-corrected chi connectivity index (χ4v) is 4.01. The van der Waals surface area contributed by atoms with Crippen molar-refractivity contribution in [2.75, 3.05) is 27.2 Å². The van der Waals surface area contributed by atoms with Crippen molar-refractivity contribution in [1.29, 1.82) is 0 Å². The molecule has 0 spiro atoms. The van der Waals surface area contributed by atoms with Crippen LogP contribution in [0.25, 0.3) is 11.1 Å². The maximum absolute atomic E-state index is 15.1. The quantitative estimate of drug-likeness (QED) is 0.484. The van der Waals surface area contributed by atoms with Gasteiger partial charge in [0.1, 0.15) is 11.9 Å². The summed E-state index contributed by atoms with van der Waals surface area (Å²) in [5.41, 5.74) is 0.497. The van der Waals surface area contributed by atoms with Crippen LogP contribution in [0.15, 0.2) is 36.4 Å². The number of halogens is 3. The fourth-order valence-electron chi connectivity index (χ4n) is 3.71. The van der Waals surface area contributed by atoms with Crippen LogP contribution in [-0.4, -0.2) is 60.9 Å². The molecule has 1 saturated carbocycles. The van der Waals surface area contributed by atoms with Gasteiger partial charge in [-0.25, -0.2) is 4.39 Å². The van der Waals surface area contributed by atoms with E-state index in [1.54, 1.807) is 44.4 Å². The maximum Gasteiger partial charge on any atom is 0.316 e. The van der Waals surface area contributed by atoms with E-state index in [0.29, 0.717) is 39.6 Å². The van der Waals surface area contributed by atoms with Gasteiger partial charge >= 0.3 is 5.97 Å². The van der Waals surface area contributed by atoms with Gasteiger partial charge < -0.3 is 14.5 Å². The Morgan fingerprint density at radius 1 is 0.971 bits per heavy atom. The number of ether oxygens (including phenoxy) is 1. The van der Waals surface area contributed by atoms with Crippen molar-refractivity contribution in [3.8, 4) is 11.1 Å². The highest BCUT2D eigenvalue weighted by Gasteiger charge is 2.53. The van der Waals surface area contributed by atoms with Gasteiger partial charge in [-0.05, 0) is 42.2 Å². The molecule has 1 aliphatic rings. The molecule has 0 bridgehead atoms. The molecule has 0 aliphatic heterocycles. The molecule has 6 nitrogen and oxygen atoms in total. The van der Waals surface area contributed by atoms with E-state index in [-0.39, 0.29) is 24.9 Å². The minimum absolute atomic E-state index is 0.138. The van der Waals surface area contributed by atoms with Crippen LogP contribution in [0.5, 0.6) is 0 Å². The number of amides is 2. The second-order valence-electron chi connectivity index (χ2n) is 8.73. The molecule has 0 saturated heterocycles. The molecular formula is C25H27Cl2FN2O4. The Morgan fingerprint density at radius 3 is 2.03 bits per heavy atom. The topological polar surface area (TPSA) is 66.9 Å². The van der Waals surface area contributed by atoms with Crippen molar-refractivity contribution in [3.63, 3.8) is 0 Å². The van der Waals surface area contributed by atoms with Crippen LogP contribution in [-0.2, 0) is 24.5 Å². The number of carbonyl (C=O) groups excluding carboxylic acids is 3. The Morgan fingerprint density at radius 2 is 1.56 bits per heavy atom. The molecule has 0 aromatic heterocycles. The molecule has 2 aromatic rings. The number of nitrogens with zero attached hydrogens (tertiary/aromatic N) is 2. The van der Waals surface area contributed by atoms with Crippen molar-refractivity contribution in [1.82, 2.24) is 9.80 Å². The summed E-state index contributed by atoms with van der Waals surface area (Å²) in [6.07, 6.45) is 0.331. The Bertz CT molecular complexity index is 1100. The minimum Gasteiger partial charge on any atom is -0.458 e. The number of carbonyl (C=O) groups is 3. The number of esters is 1. The van der Waals surface area contributed by atoms with E-state index in [0.717, 1.165) is 0 Å². The second kappa shape index (κ2) is 10.3. The molecule has 1 aliphatic carbocycles. The van der Waals surface area contributed by atoms with Crippen molar-refractivity contribution in [3.05, 3.63) is 57.8 Å². The number of hydrogen-bond acceptors (Lipinski definition) is 4. The zero-order valence-electron chi connectivity index (χ0n) is 19.5. The third-order valence-electron chi connectivity index (χ3n) is 6.20. The highest BCUT2D eigenvalue weighted by molar-refractivity contribution is 6.42. The largest absolute Gasteiger partial charge is 0.458 e. The lowest BCUT2D eigenvalue weighted by molar-refractivity contribution is -0.156. The van der Waals surface area contributed by atoms with Gasteiger partial charge in [0.05, 0.1) is 28.5 Å². The monoisotopic (exact) mass is 508 g/mol. The molecule has 0 unspecified atom stereocenters. The van der Waals surface area contributed by atoms with Crippen molar-refractivity contribution in [2.24, 2.45) is 0 Å². The minimum atomic E-state index is -0.946. The molecule has 9 heteroatoms. The molecule has 0 N–H and O–H groups in total. The van der Waals surface area contributed by atoms with E-state index in [9.17, 15) is 14.4 Å². The van der Waals surface area contributed by atoms with E-state index in [1.807, 2.05) is 0 Å². The molecule has 0 heterocycles. The SMILES string of the molecule is CC(=O)N(C)CC(CN(C)C(C)=O)OC(=O)C1(c2ccc(-c3ccc(Cl)c(Cl)c3)c(F)c2)CC1. The van der Waals surface area contributed by atoms with E-state index < -0.39 is 23.3 Å². The van der Waals surface area contributed by atoms with Gasteiger partial charge in [0.2, 0.25) is 11.8 Å². The van der Waals surface area contributed by atoms with Crippen LogP contribution in [0, 0.1) is 5.82 Å². The second-order valence-corrected chi connectivity index (χ2v) is 9.55. The van der Waals surface area contributed by atoms with Gasteiger partial charge in [-0.15, -0.1) is 0 Å². The third kappa shape index (κ3) is 5.70. The van der Waals surface area contributed by atoms with Gasteiger partial charge in [0.15, 0.2) is 0 Å². The van der Waals surface area contributed by atoms with E-state index in [1.165, 1.54) is 29.7 Å². The summed E-state index contributed by atoms with van der Waals surface area (Å²) < 4.78 is 20.8. The molecule has 0 atom stereocenters. The number of hydrogen-bond donors (Lipinski definition) is 0. The molecule has 1 fully saturated rings. The number of likely N-dealkylation sites (N-methyl/N-ethyl adjacent to an activating group) is 2. The number of benzene rings is 2. The van der Waals surface area contributed by atoms with Crippen LogP contribution in [0.1, 0.15) is 32.3 Å². The Kier molecular flexibility index (Phi) is 7.88. The first-order chi connectivity index (χ1) is 15.9. The summed E-state index contributed by atoms with van der Waals surface area (Å²) in [6, 6.07) is 9.54. The van der Waals surface area contributed by atoms with E-state index in [2.05, 4.69) is 0 Å². The van der Waals surface area contributed by atoms with Crippen LogP contribution in [0.2, 0.25) is 10.0 Å². The van der Waals surface area contributed by atoms with Gasteiger partial charge in [0, 0.05) is 33.5 Å². The van der Waals surface area contributed by atoms with Crippen molar-refractivity contribution >= 4 is 41.0 Å². The van der Waals surface area contributed by atoms with Crippen LogP contribution in [0.3, 0.4) is 0 Å². The highest BCUT2D eigenvalue weighted by Crippen LogP contribution is 2.50. The first-order valence-corrected chi connectivity index (χ1v) is 11.6. The average molecular weight is 509 g/mol. The normalized spacial score (nSPS) is 14.0. The third-order valence-corrected chi connectivity index (χ3v) is 6.94. The molecule has 3 rings (SSSR count). The zero-order valence-corrected chi connectivity index (χ0v) is 21.0. The summed E-state index contributed by atoms with van der Waals surface area (Å²) in [6.45, 7) is 3.10. The van der Waals surface area contributed by atoms with Crippen LogP contribution in [0.4, 0.5) is 4.39 Å². The molecule has 0 radical (unpaired) electrons. The maximum atomic E-state index is 15.1. The van der Waals surface area contributed by atoms with Gasteiger partial charge in [0.25, 0.3) is 0 Å². The van der Waals surface area contributed by atoms with Crippen molar-refractivity contribution < 1.29 is 23.5 Å². The lowest BCUT2D eigenvalue weighted by atomic mass is 9.93. The van der Waals surface area contributed by atoms with E-state index in [4.69, 9.17) is 27.9 Å². The fraction of sp³-hybridized carbons (Fsp3) is 0.400. The summed E-state index contributed by atoms with van der Waals surface area (Å²) in [5.74, 6) is -1.35. The van der Waals surface area contributed by atoms with Crippen LogP contribution >= 0.6 is 23.2 Å². The molecule has 182 valence electrons. The predicted octanol–water partition coefficient (Wildman–Crippen LogP) is 4.70. The number of rotatable bonds is 8. The zero-order chi connectivity index (χ0) is 25.2. The van der Waals surface area contributed by atoms with Crippen molar-refractivity contribution in [2.45, 2.75) is 38.2 Å². The standard InChI is InChI=1S/C25H27Cl2FN2O4/c1-15(31)29(3)13-19(14-30(4)16(2)32)34-24(33)25(9-10-25)18-6-7-20(23(28)12-18)17-5-8-21(26)22(27)11-17/h5-8,11-12,19H,9-10,13-14H2,1-4H3. The Balaban J connectivity index is 1.81. The lowest BCUT2D eigenvalue weighted by Gasteiger charge is -2.28. The summed E-state index contributed by atoms with van der Waals surface area (Å²) in [4.78, 5) is 39.4. The first-order valence-electron chi connectivity index (χ1n) is 10.8. The molecular weight excluding hydrogens is 482 g/mol. The Labute approximate surface area is 208 Å². The summed E-state index contributed by atoms with van der Waals surface area (Å²) in [7, 11) is 3.20. The average Bonchev–Trinajstić information content (AvgIpc) is 3.57. The van der Waals surface area contributed by atoms with Gasteiger partial charge in [-0.1, -0.05) is 41.4 Å². The smallest absolute Gasteiger partial charge is 0.316 e. The summed E-state index contributed by atoms with van der Waals surface area (Å²) >= 11 is 12.0.